The summed E-state index contributed by atoms with van der Waals surface area (Å²) in [6.45, 7) is 3.47. The van der Waals surface area contributed by atoms with Gasteiger partial charge in [-0.2, -0.15) is 0 Å². The number of halogens is 4. The Kier molecular flexibility index (Phi) is 14.4. The summed E-state index contributed by atoms with van der Waals surface area (Å²) in [6.07, 6.45) is 6.21. The number of carboxylic acid groups (broad SMARTS) is 1. The van der Waals surface area contributed by atoms with Gasteiger partial charge < -0.3 is 25.5 Å². The smallest absolute Gasteiger partial charge is 0.326 e. The Bertz CT molecular complexity index is 1960. The fourth-order valence-corrected chi connectivity index (χ4v) is 7.17. The highest BCUT2D eigenvalue weighted by molar-refractivity contribution is 14.1. The van der Waals surface area contributed by atoms with Gasteiger partial charge in [0.1, 0.15) is 6.04 Å². The van der Waals surface area contributed by atoms with Crippen molar-refractivity contribution in [1.82, 2.24) is 0 Å². The van der Waals surface area contributed by atoms with Gasteiger partial charge in [0.05, 0.1) is 0 Å². The molecule has 3 N–H and O–H groups in total. The van der Waals surface area contributed by atoms with Crippen LogP contribution in [-0.2, 0) is 14.4 Å². The molecule has 2 aliphatic rings. The fraction of sp³-hybridized carbons (Fsp3) is 0.225. The van der Waals surface area contributed by atoms with E-state index in [2.05, 4.69) is 68.8 Å². The minimum Gasteiger partial charge on any atom is -0.480 e. The number of hydrogen-bond donors (Lipinski definition) is 3. The average Bonchev–Trinajstić information content (AvgIpc) is 3.70. The Morgan fingerprint density at radius 1 is 0.731 bits per heavy atom. The molecule has 0 radical (unpaired) electrons. The molecular weight excluding hydrogens is 925 g/mol. The SMILES string of the molecule is C[C@@H](C/C=C1\CCN(c2ccccc2)C1=O)Nc1cc(Cl)ccc1I.O=C(O)[C@H](C/C=C1\CCN(c2ccccc2)C1=O)Nc1cc(Cl)ccc1I. The molecule has 270 valence electrons. The zero-order valence-corrected chi connectivity index (χ0v) is 34.2. The molecule has 0 bridgehead atoms. The number of rotatable bonds is 11. The van der Waals surface area contributed by atoms with Crippen LogP contribution in [0.4, 0.5) is 22.7 Å². The predicted octanol–water partition coefficient (Wildman–Crippen LogP) is 10.1. The predicted molar refractivity (Wildman–Crippen MR) is 229 cm³/mol. The normalized spacial score (nSPS) is 16.9. The Morgan fingerprint density at radius 3 is 1.63 bits per heavy atom. The van der Waals surface area contributed by atoms with Crippen LogP contribution < -0.4 is 20.4 Å². The third-order valence-corrected chi connectivity index (χ3v) is 10.9. The van der Waals surface area contributed by atoms with Crippen LogP contribution in [0.2, 0.25) is 10.0 Å². The van der Waals surface area contributed by atoms with Crippen LogP contribution in [0.15, 0.2) is 120 Å². The highest BCUT2D eigenvalue weighted by atomic mass is 127. The number of amides is 2. The van der Waals surface area contributed by atoms with E-state index in [-0.39, 0.29) is 24.3 Å². The summed E-state index contributed by atoms with van der Waals surface area (Å²) in [5, 5.41) is 17.3. The minimum absolute atomic E-state index is 0.0670. The minimum atomic E-state index is -0.979. The van der Waals surface area contributed by atoms with E-state index in [0.29, 0.717) is 29.2 Å². The molecule has 6 rings (SSSR count). The van der Waals surface area contributed by atoms with Crippen molar-refractivity contribution in [2.45, 2.75) is 44.7 Å². The van der Waals surface area contributed by atoms with Gasteiger partial charge in [0.2, 0.25) is 0 Å². The molecule has 2 saturated heterocycles. The number of carboxylic acids is 1. The molecule has 0 aromatic heterocycles. The van der Waals surface area contributed by atoms with Crippen molar-refractivity contribution in [3.8, 4) is 0 Å². The van der Waals surface area contributed by atoms with E-state index < -0.39 is 12.0 Å². The van der Waals surface area contributed by atoms with Crippen molar-refractivity contribution in [3.05, 3.63) is 138 Å². The summed E-state index contributed by atoms with van der Waals surface area (Å²) in [4.78, 5) is 40.4. The van der Waals surface area contributed by atoms with E-state index in [1.807, 2.05) is 89.8 Å². The zero-order chi connectivity index (χ0) is 37.2. The van der Waals surface area contributed by atoms with Crippen molar-refractivity contribution < 1.29 is 19.5 Å². The van der Waals surface area contributed by atoms with Gasteiger partial charge >= 0.3 is 5.97 Å². The molecule has 0 spiro atoms. The van der Waals surface area contributed by atoms with E-state index >= 15 is 0 Å². The number of nitrogens with zero attached hydrogens (tertiary/aromatic N) is 2. The summed E-state index contributed by atoms with van der Waals surface area (Å²) < 4.78 is 2.01. The zero-order valence-electron chi connectivity index (χ0n) is 28.4. The fourth-order valence-electron chi connectivity index (χ4n) is 5.84. The molecule has 0 saturated carbocycles. The molecule has 2 amide bonds. The number of nitrogens with one attached hydrogen (secondary N) is 2. The highest BCUT2D eigenvalue weighted by Crippen LogP contribution is 2.28. The van der Waals surface area contributed by atoms with Crippen LogP contribution in [0.1, 0.15) is 32.6 Å². The van der Waals surface area contributed by atoms with E-state index in [9.17, 15) is 19.5 Å². The van der Waals surface area contributed by atoms with E-state index in [4.69, 9.17) is 23.2 Å². The molecule has 4 aromatic carbocycles. The molecular formula is C40H38Cl2I2N4O4. The van der Waals surface area contributed by atoms with Gasteiger partial charge in [-0.1, -0.05) is 71.8 Å². The molecule has 52 heavy (non-hydrogen) atoms. The Morgan fingerprint density at radius 2 is 1.17 bits per heavy atom. The van der Waals surface area contributed by atoms with Crippen LogP contribution in [0.25, 0.3) is 0 Å². The highest BCUT2D eigenvalue weighted by Gasteiger charge is 2.28. The number of anilines is 4. The first-order valence-electron chi connectivity index (χ1n) is 16.8. The maximum Gasteiger partial charge on any atom is 0.326 e. The van der Waals surface area contributed by atoms with Crippen LogP contribution in [0, 0.1) is 7.14 Å². The van der Waals surface area contributed by atoms with Gasteiger partial charge in [-0.15, -0.1) is 0 Å². The average molecular weight is 963 g/mol. The van der Waals surface area contributed by atoms with E-state index in [0.717, 1.165) is 54.2 Å². The number of hydrogen-bond acceptors (Lipinski definition) is 5. The van der Waals surface area contributed by atoms with E-state index in [1.54, 1.807) is 23.1 Å². The molecule has 0 unspecified atom stereocenters. The summed E-state index contributed by atoms with van der Waals surface area (Å²) in [5.41, 5.74) is 5.06. The monoisotopic (exact) mass is 962 g/mol. The lowest BCUT2D eigenvalue weighted by atomic mass is 10.1. The quantitative estimate of drug-likeness (QED) is 0.102. The standard InChI is InChI=1S/C20H18ClIN2O3.C20H20ClIN2O/c21-14-7-8-16(22)18(12-14)23-17(20(26)27)9-6-13-10-11-24(19(13)25)15-4-2-1-3-5-15;1-14(23-19-13-16(21)9-10-18(19)22)7-8-15-11-12-24(20(15)25)17-5-3-2-4-6-17/h1-8,12,17,23H,9-11H2,(H,26,27);2-6,8-10,13-14,23H,7,11-12H2,1H3/b13-6+;15-8+/t17-;14-/m00/s1. The lowest BCUT2D eigenvalue weighted by Crippen LogP contribution is -2.29. The molecule has 2 aliphatic heterocycles. The molecule has 2 heterocycles. The largest absolute Gasteiger partial charge is 0.480 e. The van der Waals surface area contributed by atoms with Gasteiger partial charge in [0.15, 0.2) is 0 Å². The maximum atomic E-state index is 12.6. The van der Waals surface area contributed by atoms with Crippen LogP contribution >= 0.6 is 68.4 Å². The molecule has 2 atom stereocenters. The first-order valence-corrected chi connectivity index (χ1v) is 19.7. The second kappa shape index (κ2) is 18.9. The topological polar surface area (TPSA) is 102 Å². The third-order valence-electron chi connectivity index (χ3n) is 8.59. The molecule has 2 fully saturated rings. The van der Waals surface area contributed by atoms with Crippen molar-refractivity contribution in [2.24, 2.45) is 0 Å². The van der Waals surface area contributed by atoms with Crippen molar-refractivity contribution in [3.63, 3.8) is 0 Å². The first-order chi connectivity index (χ1) is 25.0. The molecule has 12 heteroatoms. The summed E-state index contributed by atoms with van der Waals surface area (Å²) in [7, 11) is 0. The number of carbonyl (C=O) groups is 3. The van der Waals surface area contributed by atoms with Gasteiger partial charge in [-0.3, -0.25) is 9.59 Å². The summed E-state index contributed by atoms with van der Waals surface area (Å²) in [6, 6.07) is 29.8. The Balaban J connectivity index is 0.000000202. The van der Waals surface area contributed by atoms with Crippen LogP contribution in [-0.4, -0.2) is 48.1 Å². The number of benzene rings is 4. The van der Waals surface area contributed by atoms with Crippen molar-refractivity contribution >= 4 is 109 Å². The summed E-state index contributed by atoms with van der Waals surface area (Å²) in [5.74, 6) is -0.925. The molecule has 4 aromatic rings. The molecule has 8 nitrogen and oxygen atoms in total. The van der Waals surface area contributed by atoms with E-state index in [1.165, 1.54) is 0 Å². The van der Waals surface area contributed by atoms with Gasteiger partial charge in [0.25, 0.3) is 11.8 Å². The lowest BCUT2D eigenvalue weighted by Gasteiger charge is -2.16. The molecule has 0 aliphatic carbocycles. The Labute approximate surface area is 341 Å². The lowest BCUT2D eigenvalue weighted by molar-refractivity contribution is -0.137. The number of carbonyl (C=O) groups excluding carboxylic acids is 2. The van der Waals surface area contributed by atoms with Gasteiger partial charge in [0, 0.05) is 70.2 Å². The van der Waals surface area contributed by atoms with Crippen LogP contribution in [0.5, 0.6) is 0 Å². The Hall–Kier alpha value is -3.59. The third kappa shape index (κ3) is 10.7. The van der Waals surface area contributed by atoms with Crippen LogP contribution in [0.3, 0.4) is 0 Å². The number of para-hydroxylation sites is 2. The van der Waals surface area contributed by atoms with Gasteiger partial charge in [-0.25, -0.2) is 4.79 Å². The van der Waals surface area contributed by atoms with Crippen molar-refractivity contribution in [2.75, 3.05) is 33.5 Å². The first kappa shape index (κ1) is 39.6. The van der Waals surface area contributed by atoms with Gasteiger partial charge in [-0.05, 0) is 138 Å². The number of aliphatic carboxylic acids is 1. The van der Waals surface area contributed by atoms with Crippen molar-refractivity contribution in [1.29, 1.82) is 0 Å². The maximum absolute atomic E-state index is 12.6. The second-order valence-corrected chi connectivity index (χ2v) is 15.5. The second-order valence-electron chi connectivity index (χ2n) is 12.3. The summed E-state index contributed by atoms with van der Waals surface area (Å²) >= 11 is 16.5.